The molecule has 1 aromatic rings. The van der Waals surface area contributed by atoms with E-state index in [1.165, 1.54) is 12.1 Å². The Balaban J connectivity index is 3.15. The Bertz CT molecular complexity index is 471. The van der Waals surface area contributed by atoms with Gasteiger partial charge in [0, 0.05) is 24.2 Å². The third-order valence-corrected chi connectivity index (χ3v) is 2.45. The van der Waals surface area contributed by atoms with Crippen LogP contribution in [0.25, 0.3) is 0 Å². The van der Waals surface area contributed by atoms with E-state index in [2.05, 4.69) is 4.98 Å². The van der Waals surface area contributed by atoms with E-state index in [4.69, 9.17) is 0 Å². The predicted octanol–water partition coefficient (Wildman–Crippen LogP) is 1.34. The average molecular weight is 238 g/mol. The fourth-order valence-electron chi connectivity index (χ4n) is 1.73. The van der Waals surface area contributed by atoms with E-state index in [1.54, 1.807) is 4.90 Å². The Kier molecular flexibility index (Phi) is 3.60. The molecule has 0 aliphatic rings. The van der Waals surface area contributed by atoms with Crippen LogP contribution in [0.3, 0.4) is 0 Å². The van der Waals surface area contributed by atoms with Gasteiger partial charge in [-0.3, -0.25) is 14.6 Å². The van der Waals surface area contributed by atoms with Gasteiger partial charge in [-0.25, -0.2) is 0 Å². The summed E-state index contributed by atoms with van der Waals surface area (Å²) in [4.78, 5) is 27.2. The maximum atomic E-state index is 12.2. The number of amides is 1. The van der Waals surface area contributed by atoms with Crippen molar-refractivity contribution in [1.82, 2.24) is 9.88 Å². The topological polar surface area (TPSA) is 73.4 Å². The highest BCUT2D eigenvalue weighted by Crippen LogP contribution is 2.17. The fourth-order valence-corrected chi connectivity index (χ4v) is 1.73. The van der Waals surface area contributed by atoms with Crippen molar-refractivity contribution in [3.05, 3.63) is 28.0 Å². The number of nitrogens with one attached hydrogen (secondary N) is 1. The van der Waals surface area contributed by atoms with Crippen molar-refractivity contribution in [3.63, 3.8) is 0 Å². The monoisotopic (exact) mass is 238 g/mol. The van der Waals surface area contributed by atoms with Gasteiger partial charge in [-0.2, -0.15) is 0 Å². The number of H-pyrrole nitrogens is 1. The zero-order valence-corrected chi connectivity index (χ0v) is 10.6. The number of aromatic nitrogens is 1. The van der Waals surface area contributed by atoms with Gasteiger partial charge < -0.3 is 10.0 Å². The van der Waals surface area contributed by atoms with Crippen molar-refractivity contribution in [2.75, 3.05) is 6.54 Å². The molecule has 0 radical (unpaired) electrons. The lowest BCUT2D eigenvalue weighted by Crippen LogP contribution is -2.45. The first-order chi connectivity index (χ1) is 7.75. The van der Waals surface area contributed by atoms with Crippen molar-refractivity contribution < 1.29 is 9.90 Å². The first kappa shape index (κ1) is 13.3. The van der Waals surface area contributed by atoms with Gasteiger partial charge in [0.25, 0.3) is 11.5 Å². The van der Waals surface area contributed by atoms with Crippen molar-refractivity contribution in [2.45, 2.75) is 33.2 Å². The molecule has 0 aromatic carbocycles. The molecule has 0 aliphatic heterocycles. The molecule has 0 aliphatic carbocycles. The van der Waals surface area contributed by atoms with E-state index in [0.717, 1.165) is 0 Å². The molecule has 0 saturated heterocycles. The van der Waals surface area contributed by atoms with Gasteiger partial charge in [0.15, 0.2) is 5.88 Å². The third-order valence-electron chi connectivity index (χ3n) is 2.45. The van der Waals surface area contributed by atoms with Gasteiger partial charge in [-0.05, 0) is 27.7 Å². The van der Waals surface area contributed by atoms with E-state index in [-0.39, 0.29) is 22.9 Å². The van der Waals surface area contributed by atoms with Crippen LogP contribution in [-0.2, 0) is 0 Å². The summed E-state index contributed by atoms with van der Waals surface area (Å²) in [6, 6.07) is 2.45. The fraction of sp³-hybridized carbons (Fsp3) is 0.500. The summed E-state index contributed by atoms with van der Waals surface area (Å²) < 4.78 is 0. The highest BCUT2D eigenvalue weighted by atomic mass is 16.3. The molecule has 0 fully saturated rings. The summed E-state index contributed by atoms with van der Waals surface area (Å²) in [5.41, 5.74) is -0.620. The van der Waals surface area contributed by atoms with Gasteiger partial charge in [0.05, 0.1) is 5.56 Å². The lowest BCUT2D eigenvalue weighted by molar-refractivity contribution is 0.0598. The average Bonchev–Trinajstić information content (AvgIpc) is 2.14. The first-order valence-corrected chi connectivity index (χ1v) is 5.51. The van der Waals surface area contributed by atoms with Crippen LogP contribution in [0.5, 0.6) is 5.88 Å². The number of aromatic amines is 1. The normalized spacial score (nSPS) is 11.3. The standard InChI is InChI=1S/C12H18N2O3/c1-5-14(12(2,3)4)11(17)8-6-9(15)13-10(16)7-8/h6-7H,5H2,1-4H3,(H2,13,15,16). The van der Waals surface area contributed by atoms with Crippen LogP contribution in [0.4, 0.5) is 0 Å². The largest absolute Gasteiger partial charge is 0.494 e. The molecular weight excluding hydrogens is 220 g/mol. The quantitative estimate of drug-likeness (QED) is 0.816. The van der Waals surface area contributed by atoms with E-state index < -0.39 is 5.56 Å². The third kappa shape index (κ3) is 3.09. The van der Waals surface area contributed by atoms with Crippen molar-refractivity contribution in [2.24, 2.45) is 0 Å². The lowest BCUT2D eigenvalue weighted by Gasteiger charge is -2.34. The molecule has 2 N–H and O–H groups in total. The number of hydrogen-bond acceptors (Lipinski definition) is 3. The van der Waals surface area contributed by atoms with Crippen LogP contribution >= 0.6 is 0 Å². The molecule has 1 amide bonds. The van der Waals surface area contributed by atoms with E-state index in [0.29, 0.717) is 6.54 Å². The van der Waals surface area contributed by atoms with E-state index in [9.17, 15) is 14.7 Å². The smallest absolute Gasteiger partial charge is 0.254 e. The predicted molar refractivity (Wildman–Crippen MR) is 65.2 cm³/mol. The number of carbonyl (C=O) groups is 1. The molecule has 0 spiro atoms. The molecule has 1 heterocycles. The second-order valence-electron chi connectivity index (χ2n) is 4.84. The van der Waals surface area contributed by atoms with Gasteiger partial charge in [0.2, 0.25) is 0 Å². The number of nitrogens with zero attached hydrogens (tertiary/aromatic N) is 1. The Morgan fingerprint density at radius 1 is 1.41 bits per heavy atom. The maximum Gasteiger partial charge on any atom is 0.254 e. The number of hydrogen-bond donors (Lipinski definition) is 2. The van der Waals surface area contributed by atoms with Crippen LogP contribution in [0.15, 0.2) is 16.9 Å². The molecule has 5 nitrogen and oxygen atoms in total. The minimum atomic E-state index is -0.488. The molecule has 0 atom stereocenters. The summed E-state index contributed by atoms with van der Waals surface area (Å²) in [6.45, 7) is 8.16. The summed E-state index contributed by atoms with van der Waals surface area (Å²) >= 11 is 0. The zero-order chi connectivity index (χ0) is 13.2. The van der Waals surface area contributed by atoms with E-state index in [1.807, 2.05) is 27.7 Å². The highest BCUT2D eigenvalue weighted by Gasteiger charge is 2.26. The molecule has 0 unspecified atom stereocenters. The molecule has 1 aromatic heterocycles. The molecule has 5 heteroatoms. The molecule has 0 saturated carbocycles. The molecule has 17 heavy (non-hydrogen) atoms. The minimum absolute atomic E-state index is 0.197. The SMILES string of the molecule is CCN(C(=O)c1cc(O)[nH]c(=O)c1)C(C)(C)C. The Hall–Kier alpha value is -1.78. The van der Waals surface area contributed by atoms with Crippen LogP contribution < -0.4 is 5.56 Å². The molecular formula is C12H18N2O3. The van der Waals surface area contributed by atoms with Gasteiger partial charge >= 0.3 is 0 Å². The number of rotatable bonds is 2. The molecule has 1 rings (SSSR count). The van der Waals surface area contributed by atoms with Crippen molar-refractivity contribution in [1.29, 1.82) is 0 Å². The second kappa shape index (κ2) is 4.61. The molecule has 94 valence electrons. The first-order valence-electron chi connectivity index (χ1n) is 5.51. The van der Waals surface area contributed by atoms with Gasteiger partial charge in [-0.15, -0.1) is 0 Å². The Morgan fingerprint density at radius 3 is 2.41 bits per heavy atom. The summed E-state index contributed by atoms with van der Waals surface area (Å²) in [5, 5.41) is 9.27. The minimum Gasteiger partial charge on any atom is -0.494 e. The lowest BCUT2D eigenvalue weighted by atomic mass is 10.0. The molecule has 0 bridgehead atoms. The maximum absolute atomic E-state index is 12.2. The number of aromatic hydroxyl groups is 1. The van der Waals surface area contributed by atoms with Crippen LogP contribution in [0.1, 0.15) is 38.1 Å². The van der Waals surface area contributed by atoms with Crippen LogP contribution in [-0.4, -0.2) is 33.0 Å². The summed E-state index contributed by atoms with van der Waals surface area (Å²) in [7, 11) is 0. The number of carbonyl (C=O) groups excluding carboxylic acids is 1. The summed E-state index contributed by atoms with van der Waals surface area (Å²) in [5.74, 6) is -0.563. The highest BCUT2D eigenvalue weighted by molar-refractivity contribution is 5.94. The number of pyridine rings is 1. The van der Waals surface area contributed by atoms with Crippen LogP contribution in [0.2, 0.25) is 0 Å². The Labute approximate surface area is 100 Å². The van der Waals surface area contributed by atoms with E-state index >= 15 is 0 Å². The van der Waals surface area contributed by atoms with Gasteiger partial charge in [0.1, 0.15) is 0 Å². The van der Waals surface area contributed by atoms with Crippen LogP contribution in [0, 0.1) is 0 Å². The van der Waals surface area contributed by atoms with Crippen molar-refractivity contribution >= 4 is 5.91 Å². The van der Waals surface area contributed by atoms with Gasteiger partial charge in [-0.1, -0.05) is 0 Å². The zero-order valence-electron chi connectivity index (χ0n) is 10.6. The second-order valence-corrected chi connectivity index (χ2v) is 4.84. The summed E-state index contributed by atoms with van der Waals surface area (Å²) in [6.07, 6.45) is 0. The Morgan fingerprint density at radius 2 is 2.00 bits per heavy atom. The van der Waals surface area contributed by atoms with Crippen molar-refractivity contribution in [3.8, 4) is 5.88 Å².